The third-order valence-corrected chi connectivity index (χ3v) is 12.2. The number of unbranched alkanes of at least 4 members (excludes halogenated alkanes) is 13. The Labute approximate surface area is 459 Å². The molecular formula is C63H90O14. The number of carbonyl (C=O) groups is 4. The number of hydrogen-bond donors (Lipinski definition) is 1. The fourth-order valence-electron chi connectivity index (χ4n) is 7.82. The molecule has 14 heteroatoms. The molecule has 1 unspecified atom stereocenters. The standard InChI is InChI=1S/C63H90O14/c1-8-13-17-21-44-71-59-49(29-37-53(61(59)73-46-23-19-15-10-3)54(28-27-41-64)77-63(68)48(6)7)31-39-57(66)75-51-33-35-52(36-34-51)76-58(67)40-32-50-30-38-55(69-42-25-26-43-70-56(65)12-5)62(74-47-24-20-16-11-4)60(50)72-45-22-18-14-9-2/h12,29-40,48,54,64H,5,8-11,13-28,41-47H2,1-4,6-7H3/b39-31+,40-32+. The van der Waals surface area contributed by atoms with Crippen molar-refractivity contribution in [2.24, 2.45) is 5.92 Å². The average Bonchev–Trinajstić information content (AvgIpc) is 3.43. The molecular weight excluding hydrogens is 981 g/mol. The summed E-state index contributed by atoms with van der Waals surface area (Å²) in [4.78, 5) is 51.0. The van der Waals surface area contributed by atoms with Crippen molar-refractivity contribution >= 4 is 36.0 Å². The molecule has 0 heterocycles. The second kappa shape index (κ2) is 40.0. The Morgan fingerprint density at radius 1 is 0.494 bits per heavy atom. The molecule has 0 radical (unpaired) electrons. The fourth-order valence-corrected chi connectivity index (χ4v) is 7.82. The summed E-state index contributed by atoms with van der Waals surface area (Å²) in [5, 5.41) is 9.76. The van der Waals surface area contributed by atoms with E-state index in [1.165, 1.54) is 36.4 Å². The van der Waals surface area contributed by atoms with Crippen molar-refractivity contribution in [2.45, 2.75) is 176 Å². The van der Waals surface area contributed by atoms with Gasteiger partial charge in [0.1, 0.15) is 17.6 Å². The lowest BCUT2D eigenvalue weighted by atomic mass is 9.99. The Bertz CT molecular complexity index is 2230. The van der Waals surface area contributed by atoms with E-state index in [1.807, 2.05) is 18.2 Å². The van der Waals surface area contributed by atoms with E-state index >= 15 is 0 Å². The van der Waals surface area contributed by atoms with Crippen LogP contribution in [0.25, 0.3) is 12.2 Å². The number of rotatable bonds is 43. The Morgan fingerprint density at radius 3 is 1.39 bits per heavy atom. The molecule has 0 aliphatic heterocycles. The second-order valence-corrected chi connectivity index (χ2v) is 19.2. The molecule has 0 fully saturated rings. The summed E-state index contributed by atoms with van der Waals surface area (Å²) in [6, 6.07) is 13.4. The zero-order valence-electron chi connectivity index (χ0n) is 47.2. The first-order valence-corrected chi connectivity index (χ1v) is 28.5. The summed E-state index contributed by atoms with van der Waals surface area (Å²) in [6.07, 6.45) is 24.3. The molecule has 3 aromatic carbocycles. The first-order valence-electron chi connectivity index (χ1n) is 28.5. The van der Waals surface area contributed by atoms with Gasteiger partial charge in [0.15, 0.2) is 23.0 Å². The van der Waals surface area contributed by atoms with Crippen molar-refractivity contribution in [1.82, 2.24) is 0 Å². The number of aliphatic hydroxyl groups is 1. The summed E-state index contributed by atoms with van der Waals surface area (Å²) in [7, 11) is 0. The summed E-state index contributed by atoms with van der Waals surface area (Å²) in [6.45, 7) is 17.9. The van der Waals surface area contributed by atoms with Crippen LogP contribution in [0.2, 0.25) is 0 Å². The average molecular weight is 1070 g/mol. The summed E-state index contributed by atoms with van der Waals surface area (Å²) >= 11 is 0. The molecule has 0 saturated carbocycles. The van der Waals surface area contributed by atoms with E-state index in [9.17, 15) is 24.3 Å². The van der Waals surface area contributed by atoms with E-state index < -0.39 is 24.0 Å². The van der Waals surface area contributed by atoms with Crippen LogP contribution in [0.5, 0.6) is 40.2 Å². The number of esters is 4. The van der Waals surface area contributed by atoms with Crippen molar-refractivity contribution in [3.05, 3.63) is 90.0 Å². The van der Waals surface area contributed by atoms with Gasteiger partial charge in [-0.3, -0.25) is 4.79 Å². The van der Waals surface area contributed by atoms with Gasteiger partial charge in [-0.2, -0.15) is 0 Å². The number of aliphatic hydroxyl groups excluding tert-OH is 1. The van der Waals surface area contributed by atoms with Crippen LogP contribution < -0.4 is 33.2 Å². The quantitative estimate of drug-likeness (QED) is 0.0246. The van der Waals surface area contributed by atoms with Gasteiger partial charge in [0, 0.05) is 41.5 Å². The van der Waals surface area contributed by atoms with Crippen LogP contribution in [-0.4, -0.2) is 75.2 Å². The van der Waals surface area contributed by atoms with Gasteiger partial charge in [-0.1, -0.05) is 137 Å². The first-order chi connectivity index (χ1) is 37.5. The molecule has 0 aliphatic carbocycles. The third-order valence-electron chi connectivity index (χ3n) is 12.2. The number of carbonyl (C=O) groups excluding carboxylic acids is 4. The number of ether oxygens (including phenoxy) is 9. The molecule has 0 aromatic heterocycles. The minimum absolute atomic E-state index is 0.0683. The lowest BCUT2D eigenvalue weighted by molar-refractivity contribution is -0.154. The van der Waals surface area contributed by atoms with Gasteiger partial charge in [0.25, 0.3) is 0 Å². The minimum atomic E-state index is -0.688. The van der Waals surface area contributed by atoms with Crippen LogP contribution in [0.4, 0.5) is 0 Å². The van der Waals surface area contributed by atoms with Crippen LogP contribution in [0.3, 0.4) is 0 Å². The highest BCUT2D eigenvalue weighted by Crippen LogP contribution is 2.43. The number of hydrogen-bond acceptors (Lipinski definition) is 14. The predicted octanol–water partition coefficient (Wildman–Crippen LogP) is 14.7. The molecule has 0 spiro atoms. The lowest BCUT2D eigenvalue weighted by Crippen LogP contribution is -2.18. The van der Waals surface area contributed by atoms with E-state index in [4.69, 9.17) is 42.6 Å². The highest BCUT2D eigenvalue weighted by Gasteiger charge is 2.27. The highest BCUT2D eigenvalue weighted by atomic mass is 16.6. The molecule has 14 nitrogen and oxygen atoms in total. The molecule has 0 bridgehead atoms. The van der Waals surface area contributed by atoms with Crippen LogP contribution in [0.15, 0.2) is 73.3 Å². The van der Waals surface area contributed by atoms with Gasteiger partial charge in [0.05, 0.1) is 45.6 Å². The molecule has 77 heavy (non-hydrogen) atoms. The SMILES string of the molecule is C=CC(=O)OCCCCOc1ccc(/C=C/C(=O)Oc2ccc(OC(=O)/C=C/c3ccc(C(CCCO)OC(=O)C(C)C)c(OCCCCCC)c3OCCCCCC)cc2)c(OCCCCCC)c1OCCCCCC. The molecule has 1 N–H and O–H groups in total. The van der Waals surface area contributed by atoms with Crippen molar-refractivity contribution in [3.8, 4) is 40.2 Å². The maximum atomic E-state index is 13.4. The minimum Gasteiger partial charge on any atom is -0.490 e. The van der Waals surface area contributed by atoms with Crippen molar-refractivity contribution in [2.75, 3.05) is 46.2 Å². The molecule has 3 aromatic rings. The van der Waals surface area contributed by atoms with E-state index in [1.54, 1.807) is 32.1 Å². The second-order valence-electron chi connectivity index (χ2n) is 19.2. The fraction of sp³-hybridized carbons (Fsp3) is 0.556. The zero-order chi connectivity index (χ0) is 55.9. The van der Waals surface area contributed by atoms with Gasteiger partial charge in [-0.25, -0.2) is 14.4 Å². The maximum Gasteiger partial charge on any atom is 0.336 e. The Hall–Kier alpha value is -6.28. The molecule has 3 rings (SSSR count). The van der Waals surface area contributed by atoms with Crippen LogP contribution in [0.1, 0.15) is 193 Å². The lowest BCUT2D eigenvalue weighted by Gasteiger charge is -2.25. The topological polar surface area (TPSA) is 172 Å². The van der Waals surface area contributed by atoms with Crippen molar-refractivity contribution in [1.29, 1.82) is 0 Å². The van der Waals surface area contributed by atoms with Gasteiger partial charge in [0.2, 0.25) is 5.75 Å². The largest absolute Gasteiger partial charge is 0.490 e. The summed E-state index contributed by atoms with van der Waals surface area (Å²) < 4.78 is 54.4. The van der Waals surface area contributed by atoms with Gasteiger partial charge in [-0.15, -0.1) is 0 Å². The predicted molar refractivity (Wildman–Crippen MR) is 303 cm³/mol. The monoisotopic (exact) mass is 1070 g/mol. The Balaban J connectivity index is 1.85. The molecule has 426 valence electrons. The van der Waals surface area contributed by atoms with Crippen molar-refractivity contribution < 1.29 is 66.9 Å². The smallest absolute Gasteiger partial charge is 0.336 e. The molecule has 0 amide bonds. The summed E-state index contributed by atoms with van der Waals surface area (Å²) in [5.41, 5.74) is 1.83. The third kappa shape index (κ3) is 26.1. The van der Waals surface area contributed by atoms with Gasteiger partial charge >= 0.3 is 23.9 Å². The summed E-state index contributed by atoms with van der Waals surface area (Å²) in [5.74, 6) is 0.337. The first kappa shape index (κ1) is 65.0. The normalized spacial score (nSPS) is 11.6. The van der Waals surface area contributed by atoms with E-state index in [2.05, 4.69) is 34.3 Å². The Morgan fingerprint density at radius 2 is 0.922 bits per heavy atom. The van der Waals surface area contributed by atoms with E-state index in [0.717, 1.165) is 109 Å². The van der Waals surface area contributed by atoms with Gasteiger partial charge in [-0.05, 0) is 99.9 Å². The van der Waals surface area contributed by atoms with Crippen LogP contribution in [-0.2, 0) is 28.7 Å². The van der Waals surface area contributed by atoms with Crippen LogP contribution >= 0.6 is 0 Å². The molecule has 0 aliphatic rings. The van der Waals surface area contributed by atoms with Crippen molar-refractivity contribution in [3.63, 3.8) is 0 Å². The molecule has 1 atom stereocenters. The number of benzene rings is 3. The van der Waals surface area contributed by atoms with E-state index in [0.29, 0.717) is 104 Å². The Kier molecular flexibility index (Phi) is 33.8. The molecule has 0 saturated heterocycles. The maximum absolute atomic E-state index is 13.4. The zero-order valence-corrected chi connectivity index (χ0v) is 47.2. The highest BCUT2D eigenvalue weighted by molar-refractivity contribution is 5.90. The van der Waals surface area contributed by atoms with Gasteiger partial charge < -0.3 is 47.7 Å². The van der Waals surface area contributed by atoms with Crippen LogP contribution in [0, 0.1) is 5.92 Å². The van der Waals surface area contributed by atoms with E-state index in [-0.39, 0.29) is 36.6 Å².